The van der Waals surface area contributed by atoms with Gasteiger partial charge in [0.25, 0.3) is 5.22 Å². The van der Waals surface area contributed by atoms with Gasteiger partial charge in [-0.25, -0.2) is 0 Å². The first-order valence-corrected chi connectivity index (χ1v) is 10.6. The van der Waals surface area contributed by atoms with Crippen LogP contribution in [0.3, 0.4) is 0 Å². The standard InChI is InChI=1S/C22H24N4O2S/c1-16-8-10-18(11-9-16)20-23-24-22(28-20)29-17(2)21(27)26-14-12-25(13-15-26)19-6-4-3-5-7-19/h3-11,17H,12-15H2,1-2H3/t17-/m1/s1. The largest absolute Gasteiger partial charge is 0.411 e. The maximum absolute atomic E-state index is 12.9. The Morgan fingerprint density at radius 1 is 1.00 bits per heavy atom. The molecule has 0 aliphatic carbocycles. The molecule has 1 atom stereocenters. The predicted octanol–water partition coefficient (Wildman–Crippen LogP) is 3.87. The third-order valence-corrected chi connectivity index (χ3v) is 5.96. The SMILES string of the molecule is Cc1ccc(-c2nnc(S[C@H](C)C(=O)N3CCN(c4ccccc4)CC3)o2)cc1. The van der Waals surface area contributed by atoms with E-state index in [0.717, 1.165) is 31.7 Å². The van der Waals surface area contributed by atoms with Crippen molar-refractivity contribution in [2.24, 2.45) is 0 Å². The van der Waals surface area contributed by atoms with Crippen LogP contribution in [0.15, 0.2) is 64.2 Å². The summed E-state index contributed by atoms with van der Waals surface area (Å²) in [5.41, 5.74) is 3.26. The topological polar surface area (TPSA) is 62.5 Å². The van der Waals surface area contributed by atoms with Gasteiger partial charge < -0.3 is 14.2 Å². The van der Waals surface area contributed by atoms with Crippen LogP contribution in [-0.2, 0) is 4.79 Å². The van der Waals surface area contributed by atoms with Crippen molar-refractivity contribution in [2.45, 2.75) is 24.3 Å². The first kappa shape index (κ1) is 19.5. The molecule has 0 spiro atoms. The molecule has 1 aromatic heterocycles. The number of anilines is 1. The summed E-state index contributed by atoms with van der Waals surface area (Å²) in [6.45, 7) is 7.04. The Labute approximate surface area is 174 Å². The van der Waals surface area contributed by atoms with Crippen molar-refractivity contribution in [3.05, 3.63) is 60.2 Å². The van der Waals surface area contributed by atoms with Gasteiger partial charge in [0.15, 0.2) is 0 Å². The molecule has 4 rings (SSSR count). The molecule has 0 unspecified atom stereocenters. The van der Waals surface area contributed by atoms with E-state index in [4.69, 9.17) is 4.42 Å². The molecule has 150 valence electrons. The van der Waals surface area contributed by atoms with E-state index in [-0.39, 0.29) is 11.2 Å². The van der Waals surface area contributed by atoms with Crippen molar-refractivity contribution in [2.75, 3.05) is 31.1 Å². The third kappa shape index (κ3) is 4.62. The number of rotatable bonds is 5. The number of nitrogens with zero attached hydrogens (tertiary/aromatic N) is 4. The fourth-order valence-corrected chi connectivity index (χ4v) is 4.12. The highest BCUT2D eigenvalue weighted by molar-refractivity contribution is 8.00. The summed E-state index contributed by atoms with van der Waals surface area (Å²) in [6.07, 6.45) is 0. The Balaban J connectivity index is 1.33. The minimum Gasteiger partial charge on any atom is -0.411 e. The Bertz CT molecular complexity index is 950. The second-order valence-corrected chi connectivity index (χ2v) is 8.44. The number of aryl methyl sites for hydroxylation is 1. The van der Waals surface area contributed by atoms with E-state index < -0.39 is 0 Å². The van der Waals surface area contributed by atoms with E-state index in [9.17, 15) is 4.79 Å². The summed E-state index contributed by atoms with van der Waals surface area (Å²) in [5, 5.41) is 8.36. The first-order valence-electron chi connectivity index (χ1n) is 9.76. The number of hydrogen-bond donors (Lipinski definition) is 0. The van der Waals surface area contributed by atoms with E-state index >= 15 is 0 Å². The first-order chi connectivity index (χ1) is 14.1. The quantitative estimate of drug-likeness (QED) is 0.597. The highest BCUT2D eigenvalue weighted by atomic mass is 32.2. The zero-order valence-electron chi connectivity index (χ0n) is 16.6. The Morgan fingerprint density at radius 3 is 2.38 bits per heavy atom. The van der Waals surface area contributed by atoms with Gasteiger partial charge in [0.2, 0.25) is 11.8 Å². The molecule has 2 heterocycles. The van der Waals surface area contributed by atoms with Gasteiger partial charge in [-0.3, -0.25) is 4.79 Å². The van der Waals surface area contributed by atoms with Gasteiger partial charge in [0.1, 0.15) is 0 Å². The number of carbonyl (C=O) groups excluding carboxylic acids is 1. The Morgan fingerprint density at radius 2 is 1.69 bits per heavy atom. The van der Waals surface area contributed by atoms with Crippen LogP contribution in [0.25, 0.3) is 11.5 Å². The van der Waals surface area contributed by atoms with Crippen LogP contribution in [-0.4, -0.2) is 52.4 Å². The van der Waals surface area contributed by atoms with Crippen molar-refractivity contribution < 1.29 is 9.21 Å². The third-order valence-electron chi connectivity index (χ3n) is 5.04. The van der Waals surface area contributed by atoms with Gasteiger partial charge in [-0.05, 0) is 38.1 Å². The molecule has 0 N–H and O–H groups in total. The van der Waals surface area contributed by atoms with E-state index in [1.54, 1.807) is 0 Å². The van der Waals surface area contributed by atoms with Crippen molar-refractivity contribution >= 4 is 23.4 Å². The van der Waals surface area contributed by atoms with Gasteiger partial charge in [-0.1, -0.05) is 47.7 Å². The molecule has 1 fully saturated rings. The molecule has 1 aliphatic heterocycles. The fraction of sp³-hybridized carbons (Fsp3) is 0.318. The minimum absolute atomic E-state index is 0.109. The van der Waals surface area contributed by atoms with E-state index in [0.29, 0.717) is 11.1 Å². The minimum atomic E-state index is -0.274. The summed E-state index contributed by atoms with van der Waals surface area (Å²) in [6, 6.07) is 18.2. The molecule has 6 nitrogen and oxygen atoms in total. The van der Waals surface area contributed by atoms with Crippen LogP contribution in [0.1, 0.15) is 12.5 Å². The summed E-state index contributed by atoms with van der Waals surface area (Å²) >= 11 is 1.32. The highest BCUT2D eigenvalue weighted by Crippen LogP contribution is 2.27. The fourth-order valence-electron chi connectivity index (χ4n) is 3.35. The van der Waals surface area contributed by atoms with Crippen LogP contribution in [0, 0.1) is 6.92 Å². The number of aromatic nitrogens is 2. The van der Waals surface area contributed by atoms with Gasteiger partial charge in [0, 0.05) is 37.4 Å². The molecule has 2 aromatic carbocycles. The number of benzene rings is 2. The molecule has 3 aromatic rings. The molecule has 1 saturated heterocycles. The molecule has 0 radical (unpaired) electrons. The second-order valence-electron chi connectivity index (χ2n) is 7.15. The average Bonchev–Trinajstić information content (AvgIpc) is 3.23. The molecule has 7 heteroatoms. The predicted molar refractivity (Wildman–Crippen MR) is 115 cm³/mol. The summed E-state index contributed by atoms with van der Waals surface area (Å²) in [4.78, 5) is 17.1. The Kier molecular flexibility index (Phi) is 5.85. The number of carbonyl (C=O) groups is 1. The van der Waals surface area contributed by atoms with E-state index in [1.807, 2.05) is 61.2 Å². The van der Waals surface area contributed by atoms with Crippen molar-refractivity contribution in [3.63, 3.8) is 0 Å². The number of para-hydroxylation sites is 1. The molecule has 1 amide bonds. The lowest BCUT2D eigenvalue weighted by Gasteiger charge is -2.37. The number of amides is 1. The average molecular weight is 409 g/mol. The van der Waals surface area contributed by atoms with Crippen molar-refractivity contribution in [3.8, 4) is 11.5 Å². The van der Waals surface area contributed by atoms with Gasteiger partial charge >= 0.3 is 0 Å². The summed E-state index contributed by atoms with van der Waals surface area (Å²) in [7, 11) is 0. The summed E-state index contributed by atoms with van der Waals surface area (Å²) in [5.74, 6) is 0.585. The Hall–Kier alpha value is -2.80. The lowest BCUT2D eigenvalue weighted by Crippen LogP contribution is -2.50. The number of thioether (sulfide) groups is 1. The molecular weight excluding hydrogens is 384 g/mol. The van der Waals surface area contributed by atoms with Crippen LogP contribution in [0.5, 0.6) is 0 Å². The smallest absolute Gasteiger partial charge is 0.277 e. The van der Waals surface area contributed by atoms with Gasteiger partial charge in [-0.15, -0.1) is 10.2 Å². The van der Waals surface area contributed by atoms with E-state index in [2.05, 4.69) is 27.2 Å². The van der Waals surface area contributed by atoms with Crippen LogP contribution >= 0.6 is 11.8 Å². The lowest BCUT2D eigenvalue weighted by molar-refractivity contribution is -0.130. The second kappa shape index (κ2) is 8.69. The monoisotopic (exact) mass is 408 g/mol. The normalized spacial score (nSPS) is 15.4. The van der Waals surface area contributed by atoms with Gasteiger partial charge in [-0.2, -0.15) is 0 Å². The molecular formula is C22H24N4O2S. The molecule has 1 aliphatic rings. The molecule has 0 bridgehead atoms. The molecule has 29 heavy (non-hydrogen) atoms. The van der Waals surface area contributed by atoms with E-state index in [1.165, 1.54) is 23.0 Å². The zero-order valence-corrected chi connectivity index (χ0v) is 17.4. The van der Waals surface area contributed by atoms with Crippen LogP contribution in [0.2, 0.25) is 0 Å². The summed E-state index contributed by atoms with van der Waals surface area (Å²) < 4.78 is 5.75. The zero-order chi connectivity index (χ0) is 20.2. The van der Waals surface area contributed by atoms with Crippen molar-refractivity contribution in [1.82, 2.24) is 15.1 Å². The molecule has 0 saturated carbocycles. The van der Waals surface area contributed by atoms with Crippen LogP contribution < -0.4 is 4.90 Å². The maximum Gasteiger partial charge on any atom is 0.277 e. The number of hydrogen-bond acceptors (Lipinski definition) is 6. The lowest BCUT2D eigenvalue weighted by atomic mass is 10.1. The maximum atomic E-state index is 12.9. The van der Waals surface area contributed by atoms with Gasteiger partial charge in [0.05, 0.1) is 5.25 Å². The van der Waals surface area contributed by atoms with Crippen molar-refractivity contribution in [1.29, 1.82) is 0 Å². The number of piperazine rings is 1. The van der Waals surface area contributed by atoms with Crippen LogP contribution in [0.4, 0.5) is 5.69 Å². The highest BCUT2D eigenvalue weighted by Gasteiger charge is 2.27.